The second kappa shape index (κ2) is 68.6. The summed E-state index contributed by atoms with van der Waals surface area (Å²) in [6.45, 7) is 4.63. The molecule has 2 unspecified atom stereocenters. The van der Waals surface area contributed by atoms with Crippen molar-refractivity contribution < 1.29 is 42.9 Å². The Labute approximate surface area is 546 Å². The first-order valence-electron chi connectivity index (χ1n) is 35.3. The second-order valence-corrected chi connectivity index (χ2v) is 24.1. The molecule has 0 aromatic carbocycles. The molecule has 2 atom stereocenters. The van der Waals surface area contributed by atoms with Gasteiger partial charge in [-0.1, -0.05) is 287 Å². The van der Waals surface area contributed by atoms with Crippen LogP contribution in [0.3, 0.4) is 0 Å². The topological polar surface area (TPSA) is 108 Å². The summed E-state index contributed by atoms with van der Waals surface area (Å²) in [7, 11) is 5.96. The molecule has 1 N–H and O–H groups in total. The molecule has 0 fully saturated rings. The number of nitrogens with zero attached hydrogens (tertiary/aromatic N) is 1. The highest BCUT2D eigenvalue weighted by atomic mass is 16.7. The molecule has 0 saturated heterocycles. The lowest BCUT2D eigenvalue weighted by molar-refractivity contribution is -0.870. The lowest BCUT2D eigenvalue weighted by Gasteiger charge is -2.25. The van der Waals surface area contributed by atoms with Crippen LogP contribution < -0.4 is 0 Å². The fourth-order valence-electron chi connectivity index (χ4n) is 9.15. The minimum Gasteiger partial charge on any atom is -0.477 e. The van der Waals surface area contributed by atoms with Crippen molar-refractivity contribution in [3.05, 3.63) is 170 Å². The molecule has 0 radical (unpaired) electrons. The lowest BCUT2D eigenvalue weighted by Crippen LogP contribution is -2.40. The number of allylic oxidation sites excluding steroid dienone is 28. The molecule has 0 rings (SSSR count). The molecule has 0 aromatic rings. The van der Waals surface area contributed by atoms with E-state index in [0.717, 1.165) is 135 Å². The number of quaternary nitrogens is 1. The zero-order valence-electron chi connectivity index (χ0n) is 57.3. The number of rotatable bonds is 63. The van der Waals surface area contributed by atoms with Gasteiger partial charge in [0.1, 0.15) is 13.2 Å². The van der Waals surface area contributed by atoms with E-state index in [1.807, 2.05) is 21.1 Å². The third-order valence-electron chi connectivity index (χ3n) is 14.5. The zero-order valence-corrected chi connectivity index (χ0v) is 57.3. The number of hydrogen-bond donors (Lipinski definition) is 1. The number of aliphatic carboxylic acids is 1. The maximum Gasteiger partial charge on any atom is 0.361 e. The Morgan fingerprint density at radius 1 is 0.337 bits per heavy atom. The molecule has 502 valence electrons. The first-order chi connectivity index (χ1) is 43.6. The Morgan fingerprint density at radius 3 is 0.899 bits per heavy atom. The average Bonchev–Trinajstić information content (AvgIpc) is 3.64. The molecular formula is C80H130NO8+. The molecule has 0 aromatic heterocycles. The average molecular weight is 1230 g/mol. The second-order valence-electron chi connectivity index (χ2n) is 24.1. The highest BCUT2D eigenvalue weighted by Crippen LogP contribution is 2.16. The highest BCUT2D eigenvalue weighted by molar-refractivity contribution is 5.71. The number of unbranched alkanes of at least 4 members (excludes halogenated alkanes) is 20. The van der Waals surface area contributed by atoms with Crippen LogP contribution in [-0.4, -0.2) is 87.4 Å². The lowest BCUT2D eigenvalue weighted by atomic mass is 10.0. The molecular weight excluding hydrogens is 1100 g/mol. The van der Waals surface area contributed by atoms with Gasteiger partial charge in [0.25, 0.3) is 6.29 Å². The number of carboxylic acid groups (broad SMARTS) is 1. The Morgan fingerprint density at radius 2 is 0.607 bits per heavy atom. The number of ether oxygens (including phenoxy) is 4. The van der Waals surface area contributed by atoms with Gasteiger partial charge in [0.15, 0.2) is 6.10 Å². The first-order valence-corrected chi connectivity index (χ1v) is 35.3. The van der Waals surface area contributed by atoms with Gasteiger partial charge in [-0.05, 0) is 128 Å². The van der Waals surface area contributed by atoms with Gasteiger partial charge in [-0.3, -0.25) is 9.59 Å². The molecule has 89 heavy (non-hydrogen) atoms. The van der Waals surface area contributed by atoms with Crippen molar-refractivity contribution >= 4 is 17.9 Å². The smallest absolute Gasteiger partial charge is 0.361 e. The molecule has 0 heterocycles. The van der Waals surface area contributed by atoms with E-state index in [4.69, 9.17) is 18.9 Å². The minimum absolute atomic E-state index is 0.177. The first kappa shape index (κ1) is 83.7. The Kier molecular flexibility index (Phi) is 64.4. The molecule has 0 bridgehead atoms. The fourth-order valence-corrected chi connectivity index (χ4v) is 9.15. The monoisotopic (exact) mass is 1230 g/mol. The summed E-state index contributed by atoms with van der Waals surface area (Å²) in [6.07, 6.45) is 100. The summed E-state index contributed by atoms with van der Waals surface area (Å²) < 4.78 is 23.0. The van der Waals surface area contributed by atoms with Crippen LogP contribution in [0.25, 0.3) is 0 Å². The maximum absolute atomic E-state index is 13.0. The van der Waals surface area contributed by atoms with Crippen molar-refractivity contribution in [2.75, 3.05) is 47.5 Å². The summed E-state index contributed by atoms with van der Waals surface area (Å²) in [5.41, 5.74) is 0. The van der Waals surface area contributed by atoms with Crippen LogP contribution >= 0.6 is 0 Å². The van der Waals surface area contributed by atoms with Crippen molar-refractivity contribution in [2.24, 2.45) is 0 Å². The maximum atomic E-state index is 13.0. The van der Waals surface area contributed by atoms with Gasteiger partial charge in [0.2, 0.25) is 0 Å². The summed E-state index contributed by atoms with van der Waals surface area (Å²) >= 11 is 0. The van der Waals surface area contributed by atoms with Crippen LogP contribution in [0.15, 0.2) is 170 Å². The SMILES string of the molecule is CC/C=C\C/C=C\C/C=C\C/C=C\C/C=C\C/C=C\C/C=C\C/C=C\C/C=C\C/C=C\CCCCCCCCCCC(=O)OC(COC(=O)CCCCCCCCCCCCCC/C=C\C/C=C\C/C=C\C/C=C\CC)COC(OCC[N+](C)(C)C)C(=O)O. The van der Waals surface area contributed by atoms with Gasteiger partial charge >= 0.3 is 17.9 Å². The molecule has 0 spiro atoms. The van der Waals surface area contributed by atoms with Crippen LogP contribution in [0.2, 0.25) is 0 Å². The van der Waals surface area contributed by atoms with E-state index < -0.39 is 24.3 Å². The number of hydrogen-bond acceptors (Lipinski definition) is 7. The van der Waals surface area contributed by atoms with Crippen LogP contribution in [0.5, 0.6) is 0 Å². The molecule has 0 saturated carbocycles. The van der Waals surface area contributed by atoms with Crippen LogP contribution in [0.1, 0.15) is 258 Å². The van der Waals surface area contributed by atoms with Crippen molar-refractivity contribution in [2.45, 2.75) is 270 Å². The summed E-state index contributed by atoms with van der Waals surface area (Å²) in [6, 6.07) is 0. The van der Waals surface area contributed by atoms with E-state index in [-0.39, 0.29) is 38.6 Å². The summed E-state index contributed by atoms with van der Waals surface area (Å²) in [4.78, 5) is 37.6. The van der Waals surface area contributed by atoms with E-state index >= 15 is 0 Å². The fraction of sp³-hybridized carbons (Fsp3) is 0.613. The molecule has 9 nitrogen and oxygen atoms in total. The number of carbonyl (C=O) groups is 3. The number of esters is 2. The van der Waals surface area contributed by atoms with Crippen LogP contribution in [0.4, 0.5) is 0 Å². The van der Waals surface area contributed by atoms with E-state index in [9.17, 15) is 19.5 Å². The number of likely N-dealkylation sites (N-methyl/N-ethyl adjacent to an activating group) is 1. The third kappa shape index (κ3) is 70.0. The van der Waals surface area contributed by atoms with Gasteiger partial charge < -0.3 is 28.5 Å². The molecule has 0 amide bonds. The largest absolute Gasteiger partial charge is 0.477 e. The van der Waals surface area contributed by atoms with Crippen molar-refractivity contribution in [3.63, 3.8) is 0 Å². The van der Waals surface area contributed by atoms with E-state index in [0.29, 0.717) is 17.4 Å². The van der Waals surface area contributed by atoms with Crippen LogP contribution in [-0.2, 0) is 33.3 Å². The number of carboxylic acids is 1. The van der Waals surface area contributed by atoms with Gasteiger partial charge in [-0.25, -0.2) is 4.79 Å². The molecule has 0 aliphatic heterocycles. The van der Waals surface area contributed by atoms with E-state index in [1.165, 1.54) is 89.9 Å². The van der Waals surface area contributed by atoms with Gasteiger partial charge in [0.05, 0.1) is 34.4 Å². The van der Waals surface area contributed by atoms with E-state index in [2.05, 4.69) is 184 Å². The predicted molar refractivity (Wildman–Crippen MR) is 382 cm³/mol. The quantitative estimate of drug-likeness (QED) is 0.0211. The van der Waals surface area contributed by atoms with Gasteiger partial charge in [-0.2, -0.15) is 0 Å². The van der Waals surface area contributed by atoms with Gasteiger partial charge in [-0.15, -0.1) is 0 Å². The van der Waals surface area contributed by atoms with Gasteiger partial charge in [0, 0.05) is 12.8 Å². The summed E-state index contributed by atoms with van der Waals surface area (Å²) in [5.74, 6) is -2.03. The third-order valence-corrected chi connectivity index (χ3v) is 14.5. The number of carbonyl (C=O) groups excluding carboxylic acids is 2. The highest BCUT2D eigenvalue weighted by Gasteiger charge is 2.25. The predicted octanol–water partition coefficient (Wildman–Crippen LogP) is 22.2. The normalized spacial score (nSPS) is 13.8. The Bertz CT molecular complexity index is 2070. The van der Waals surface area contributed by atoms with E-state index in [1.54, 1.807) is 0 Å². The van der Waals surface area contributed by atoms with Crippen molar-refractivity contribution in [1.29, 1.82) is 0 Å². The van der Waals surface area contributed by atoms with Crippen molar-refractivity contribution in [1.82, 2.24) is 0 Å². The molecule has 0 aliphatic rings. The molecule has 9 heteroatoms. The van der Waals surface area contributed by atoms with Crippen LogP contribution in [0, 0.1) is 0 Å². The standard InChI is InChI=1S/C80H129NO8/c1-6-8-10-12-14-16-18-20-22-24-26-28-30-32-33-34-35-36-37-38-39-40-41-42-43-44-45-47-49-51-53-55-57-59-61-63-65-67-69-71-78(83)89-76(75-88-80(79(84)85)86-73-72-81(3,4)5)74-87-77(82)70-68-66-64-62-60-58-56-54-52-50-48-46-31-29-27-25-23-21-19-17-15-13-11-9-7-2/h8-11,14-17,20-23,26-29,32-33,35-36,38-39,41-42,44-45,49,51,76,80H,6-7,12-13,18-19,24-25,30-31,34,37,40,43,46-48,50,52-75H2,1-5H3/p+1/b10-8-,11-9-,16-14-,17-15-,22-20-,23-21-,28-26-,29-27-,33-32-,36-35-,39-38-,42-41-,45-44-,51-49-. The Hall–Kier alpha value is -5.35. The summed E-state index contributed by atoms with van der Waals surface area (Å²) in [5, 5.41) is 9.75. The minimum atomic E-state index is -1.52. The zero-order chi connectivity index (χ0) is 64.7. The van der Waals surface area contributed by atoms with Crippen molar-refractivity contribution in [3.8, 4) is 0 Å². The molecule has 0 aliphatic carbocycles. The Balaban J connectivity index is 4.19.